The van der Waals surface area contributed by atoms with Gasteiger partial charge >= 0.3 is 0 Å². The molecule has 1 aliphatic heterocycles. The number of Topliss-reactive ketones (excluding diaryl/α,β-unsaturated/α-hetero) is 1. The summed E-state index contributed by atoms with van der Waals surface area (Å²) < 4.78 is 16.5. The highest BCUT2D eigenvalue weighted by Crippen LogP contribution is 2.50. The van der Waals surface area contributed by atoms with Crippen LogP contribution in [0.1, 0.15) is 44.7 Å². The minimum absolute atomic E-state index is 0.0597. The molecule has 0 saturated carbocycles. The molecule has 2 N–H and O–H groups in total. The molecule has 0 aromatic heterocycles. The van der Waals surface area contributed by atoms with E-state index in [2.05, 4.69) is 24.5 Å². The second kappa shape index (κ2) is 11.3. The molecule has 2 aliphatic rings. The summed E-state index contributed by atoms with van der Waals surface area (Å²) in [5, 5.41) is 6.57. The number of ether oxygens (including phenoxy) is 3. The molecule has 0 spiro atoms. The molecule has 0 bridgehead atoms. The predicted molar refractivity (Wildman–Crippen MR) is 144 cm³/mol. The van der Waals surface area contributed by atoms with Crippen molar-refractivity contribution in [2.45, 2.75) is 39.2 Å². The van der Waals surface area contributed by atoms with Gasteiger partial charge in [0.2, 0.25) is 5.91 Å². The second-order valence-electron chi connectivity index (χ2n) is 10.3. The molecule has 1 amide bonds. The highest BCUT2D eigenvalue weighted by Gasteiger charge is 2.43. The first-order valence-corrected chi connectivity index (χ1v) is 12.6. The molecular formula is C29H37N3O5. The van der Waals surface area contributed by atoms with Gasteiger partial charge in [0.1, 0.15) is 0 Å². The normalized spacial score (nSPS) is 18.4. The van der Waals surface area contributed by atoms with Crippen LogP contribution in [-0.4, -0.2) is 52.7 Å². The Kier molecular flexibility index (Phi) is 8.07. The molecule has 198 valence electrons. The molecule has 1 atom stereocenters. The highest BCUT2D eigenvalue weighted by atomic mass is 16.5. The van der Waals surface area contributed by atoms with Gasteiger partial charge in [0.15, 0.2) is 17.3 Å². The Bertz CT molecular complexity index is 1190. The number of ketones is 1. The van der Waals surface area contributed by atoms with Crippen LogP contribution in [0.4, 0.5) is 11.4 Å². The largest absolute Gasteiger partial charge is 0.493 e. The fourth-order valence-corrected chi connectivity index (χ4v) is 5.33. The molecule has 2 aromatic rings. The lowest BCUT2D eigenvalue weighted by Gasteiger charge is -2.38. The third kappa shape index (κ3) is 5.59. The van der Waals surface area contributed by atoms with Crippen molar-refractivity contribution in [3.8, 4) is 11.5 Å². The molecule has 8 heteroatoms. The summed E-state index contributed by atoms with van der Waals surface area (Å²) in [6, 6.07) is 13.0. The zero-order valence-corrected chi connectivity index (χ0v) is 22.3. The lowest BCUT2D eigenvalue weighted by atomic mass is 9.73. The predicted octanol–water partition coefficient (Wildman–Crippen LogP) is 4.47. The molecule has 1 unspecified atom stereocenters. The standard InChI is InChI=1S/C29H37N3O5/c1-29(2)16-21-26(23(33)17-29)27(19-10-8-13-24(36-4)28(19)37-5)32(18-25(34)30-14-9-15-35-3)22-12-7-6-11-20(22)31-21/h6-8,10-13,27,31H,9,14-18H2,1-5H3,(H,30,34). The molecule has 0 fully saturated rings. The summed E-state index contributed by atoms with van der Waals surface area (Å²) in [4.78, 5) is 29.1. The van der Waals surface area contributed by atoms with E-state index in [1.165, 1.54) is 0 Å². The van der Waals surface area contributed by atoms with Gasteiger partial charge in [0.25, 0.3) is 0 Å². The number of benzene rings is 2. The number of hydrogen-bond acceptors (Lipinski definition) is 7. The van der Waals surface area contributed by atoms with Gasteiger partial charge in [-0.15, -0.1) is 0 Å². The first-order valence-electron chi connectivity index (χ1n) is 12.6. The molecular weight excluding hydrogens is 470 g/mol. The van der Waals surface area contributed by atoms with E-state index < -0.39 is 6.04 Å². The van der Waals surface area contributed by atoms with Gasteiger partial charge < -0.3 is 29.7 Å². The van der Waals surface area contributed by atoms with Crippen LogP contribution in [0.3, 0.4) is 0 Å². The lowest BCUT2D eigenvalue weighted by molar-refractivity contribution is -0.120. The van der Waals surface area contributed by atoms with Crippen molar-refractivity contribution in [3.05, 3.63) is 59.3 Å². The zero-order chi connectivity index (χ0) is 26.6. The average molecular weight is 508 g/mol. The lowest BCUT2D eigenvalue weighted by Crippen LogP contribution is -2.42. The van der Waals surface area contributed by atoms with Gasteiger partial charge in [-0.05, 0) is 36.5 Å². The number of para-hydroxylation sites is 3. The maximum Gasteiger partial charge on any atom is 0.239 e. The van der Waals surface area contributed by atoms with Gasteiger partial charge in [0, 0.05) is 43.5 Å². The van der Waals surface area contributed by atoms with Crippen LogP contribution in [0.2, 0.25) is 0 Å². The monoisotopic (exact) mass is 507 g/mol. The SMILES string of the molecule is COCCCNC(=O)CN1c2ccccc2NC2=C(C(=O)CC(C)(C)C2)C1c1cccc(OC)c1OC. The fourth-order valence-electron chi connectivity index (χ4n) is 5.33. The van der Waals surface area contributed by atoms with Crippen molar-refractivity contribution < 1.29 is 23.8 Å². The highest BCUT2D eigenvalue weighted by molar-refractivity contribution is 6.02. The third-order valence-corrected chi connectivity index (χ3v) is 6.89. The molecule has 2 aromatic carbocycles. The Labute approximate surface area is 219 Å². The molecule has 4 rings (SSSR count). The number of amides is 1. The van der Waals surface area contributed by atoms with Crippen molar-refractivity contribution in [1.29, 1.82) is 0 Å². The van der Waals surface area contributed by atoms with Gasteiger partial charge in [-0.25, -0.2) is 0 Å². The second-order valence-corrected chi connectivity index (χ2v) is 10.3. The molecule has 8 nitrogen and oxygen atoms in total. The van der Waals surface area contributed by atoms with Crippen molar-refractivity contribution in [2.75, 3.05) is 51.2 Å². The summed E-state index contributed by atoms with van der Waals surface area (Å²) in [6.07, 6.45) is 1.85. The van der Waals surface area contributed by atoms with Crippen molar-refractivity contribution in [2.24, 2.45) is 5.41 Å². The Hall–Kier alpha value is -3.52. The van der Waals surface area contributed by atoms with E-state index in [1.807, 2.05) is 47.4 Å². The van der Waals surface area contributed by atoms with E-state index >= 15 is 0 Å². The minimum Gasteiger partial charge on any atom is -0.493 e. The van der Waals surface area contributed by atoms with Gasteiger partial charge in [-0.3, -0.25) is 9.59 Å². The summed E-state index contributed by atoms with van der Waals surface area (Å²) >= 11 is 0. The van der Waals surface area contributed by atoms with Crippen LogP contribution in [0.25, 0.3) is 0 Å². The van der Waals surface area contributed by atoms with E-state index in [0.717, 1.165) is 29.1 Å². The van der Waals surface area contributed by atoms with Gasteiger partial charge in [-0.1, -0.05) is 38.1 Å². The van der Waals surface area contributed by atoms with Crippen LogP contribution in [0, 0.1) is 5.41 Å². The topological polar surface area (TPSA) is 89.1 Å². The number of anilines is 2. The number of allylic oxidation sites excluding steroid dienone is 1. The maximum absolute atomic E-state index is 13.9. The van der Waals surface area contributed by atoms with E-state index in [1.54, 1.807) is 21.3 Å². The maximum atomic E-state index is 13.9. The number of hydrogen-bond donors (Lipinski definition) is 2. The molecule has 0 saturated heterocycles. The van der Waals surface area contributed by atoms with E-state index in [4.69, 9.17) is 14.2 Å². The number of fused-ring (bicyclic) bond motifs is 1. The third-order valence-electron chi connectivity index (χ3n) is 6.89. The first-order chi connectivity index (χ1) is 17.8. The fraction of sp³-hybridized carbons (Fsp3) is 0.448. The molecule has 0 radical (unpaired) electrons. The average Bonchev–Trinajstić information content (AvgIpc) is 2.99. The molecule has 1 heterocycles. The number of carbonyl (C=O) groups is 2. The van der Waals surface area contributed by atoms with Crippen molar-refractivity contribution in [3.63, 3.8) is 0 Å². The van der Waals surface area contributed by atoms with E-state index in [9.17, 15) is 9.59 Å². The molecule has 37 heavy (non-hydrogen) atoms. The number of rotatable bonds is 9. The van der Waals surface area contributed by atoms with Crippen LogP contribution < -0.4 is 25.0 Å². The van der Waals surface area contributed by atoms with Crippen molar-refractivity contribution in [1.82, 2.24) is 5.32 Å². The Morgan fingerprint density at radius 1 is 1.08 bits per heavy atom. The van der Waals surface area contributed by atoms with E-state index in [0.29, 0.717) is 43.1 Å². The van der Waals surface area contributed by atoms with Crippen LogP contribution in [0.5, 0.6) is 11.5 Å². The van der Waals surface area contributed by atoms with Gasteiger partial charge in [-0.2, -0.15) is 0 Å². The number of methoxy groups -OCH3 is 3. The summed E-state index contributed by atoms with van der Waals surface area (Å²) in [5.74, 6) is 1.04. The van der Waals surface area contributed by atoms with Crippen molar-refractivity contribution >= 4 is 23.1 Å². The smallest absolute Gasteiger partial charge is 0.239 e. The van der Waals surface area contributed by atoms with Crippen LogP contribution >= 0.6 is 0 Å². The summed E-state index contributed by atoms with van der Waals surface area (Å²) in [6.45, 7) is 5.36. The number of carbonyl (C=O) groups excluding carboxylic acids is 2. The summed E-state index contributed by atoms with van der Waals surface area (Å²) in [5.41, 5.74) is 3.82. The minimum atomic E-state index is -0.551. The van der Waals surface area contributed by atoms with Crippen LogP contribution in [-0.2, 0) is 14.3 Å². The first kappa shape index (κ1) is 26.5. The Balaban J connectivity index is 1.89. The number of nitrogens with one attached hydrogen (secondary N) is 2. The van der Waals surface area contributed by atoms with Crippen LogP contribution in [0.15, 0.2) is 53.7 Å². The van der Waals surface area contributed by atoms with Gasteiger partial charge in [0.05, 0.1) is 38.2 Å². The zero-order valence-electron chi connectivity index (χ0n) is 22.3. The summed E-state index contributed by atoms with van der Waals surface area (Å²) in [7, 11) is 4.83. The van der Waals surface area contributed by atoms with E-state index in [-0.39, 0.29) is 23.7 Å². The quantitative estimate of drug-likeness (QED) is 0.484. The number of nitrogens with zero attached hydrogens (tertiary/aromatic N) is 1. The Morgan fingerprint density at radius 3 is 2.59 bits per heavy atom. The molecule has 1 aliphatic carbocycles. The Morgan fingerprint density at radius 2 is 1.86 bits per heavy atom.